The first kappa shape index (κ1) is 23.1. The molecule has 1 saturated heterocycles. The van der Waals surface area contributed by atoms with Gasteiger partial charge < -0.3 is 19.5 Å². The Bertz CT molecular complexity index is 812. The van der Waals surface area contributed by atoms with Crippen LogP contribution in [0.3, 0.4) is 0 Å². The Labute approximate surface area is 183 Å². The van der Waals surface area contributed by atoms with Crippen LogP contribution in [0.4, 0.5) is 0 Å². The second kappa shape index (κ2) is 11.7. The molecular formula is C23H32N4O4. The summed E-state index contributed by atoms with van der Waals surface area (Å²) in [5, 5.41) is 10.4. The van der Waals surface area contributed by atoms with Crippen LogP contribution in [0.1, 0.15) is 24.1 Å². The zero-order valence-electron chi connectivity index (χ0n) is 18.3. The van der Waals surface area contributed by atoms with Crippen molar-refractivity contribution in [2.45, 2.75) is 32.0 Å². The van der Waals surface area contributed by atoms with Gasteiger partial charge in [0.2, 0.25) is 0 Å². The van der Waals surface area contributed by atoms with E-state index in [1.54, 1.807) is 18.6 Å². The molecule has 1 aromatic heterocycles. The number of aliphatic hydroxyl groups excluding tert-OH is 1. The maximum Gasteiger partial charge on any atom is 0.308 e. The number of piperidine rings is 1. The number of likely N-dealkylation sites (tertiary alicyclic amines) is 1. The first-order valence-corrected chi connectivity index (χ1v) is 10.7. The van der Waals surface area contributed by atoms with E-state index in [0.29, 0.717) is 13.1 Å². The highest BCUT2D eigenvalue weighted by atomic mass is 16.5. The molecule has 1 N–H and O–H groups in total. The normalized spacial score (nSPS) is 16.3. The van der Waals surface area contributed by atoms with Crippen LogP contribution < -0.4 is 4.74 Å². The van der Waals surface area contributed by atoms with Crippen molar-refractivity contribution in [3.63, 3.8) is 0 Å². The second-order valence-electron chi connectivity index (χ2n) is 8.08. The molecule has 1 atom stereocenters. The van der Waals surface area contributed by atoms with Crippen molar-refractivity contribution in [2.75, 3.05) is 40.4 Å². The monoisotopic (exact) mass is 428 g/mol. The van der Waals surface area contributed by atoms with Crippen molar-refractivity contribution in [1.82, 2.24) is 19.8 Å². The van der Waals surface area contributed by atoms with Gasteiger partial charge in [-0.15, -0.1) is 0 Å². The van der Waals surface area contributed by atoms with E-state index in [9.17, 15) is 9.90 Å². The Hall–Kier alpha value is -2.55. The van der Waals surface area contributed by atoms with Crippen LogP contribution in [0.2, 0.25) is 0 Å². The average Bonchev–Trinajstić information content (AvgIpc) is 2.78. The predicted octanol–water partition coefficient (Wildman–Crippen LogP) is 1.73. The molecule has 1 aromatic carbocycles. The summed E-state index contributed by atoms with van der Waals surface area (Å²) < 4.78 is 10.7. The molecule has 0 saturated carbocycles. The van der Waals surface area contributed by atoms with Crippen LogP contribution in [0.5, 0.6) is 5.75 Å². The summed E-state index contributed by atoms with van der Waals surface area (Å²) in [5.41, 5.74) is 2.06. The topological polar surface area (TPSA) is 88.0 Å². The smallest absolute Gasteiger partial charge is 0.308 e. The molecule has 2 heterocycles. The summed E-state index contributed by atoms with van der Waals surface area (Å²) in [4.78, 5) is 24.4. The van der Waals surface area contributed by atoms with E-state index in [1.807, 2.05) is 25.2 Å². The van der Waals surface area contributed by atoms with E-state index >= 15 is 0 Å². The van der Waals surface area contributed by atoms with Crippen LogP contribution in [0.15, 0.2) is 42.9 Å². The SMILES string of the molecule is COC(=O)C1CCN(CC(O)COc2cccc(CN(C)Cc3cnccn3)c2)CC1. The Morgan fingerprint density at radius 2 is 2.10 bits per heavy atom. The van der Waals surface area contributed by atoms with Gasteiger partial charge in [0.25, 0.3) is 0 Å². The zero-order chi connectivity index (χ0) is 22.1. The summed E-state index contributed by atoms with van der Waals surface area (Å²) in [6.45, 7) is 3.80. The lowest BCUT2D eigenvalue weighted by atomic mass is 9.97. The minimum absolute atomic E-state index is 0.0237. The number of benzene rings is 1. The van der Waals surface area contributed by atoms with Crippen LogP contribution in [-0.2, 0) is 22.6 Å². The van der Waals surface area contributed by atoms with E-state index < -0.39 is 6.10 Å². The average molecular weight is 429 g/mol. The van der Waals surface area contributed by atoms with Gasteiger partial charge in [-0.25, -0.2) is 0 Å². The molecule has 1 unspecified atom stereocenters. The van der Waals surface area contributed by atoms with Gasteiger partial charge in [-0.3, -0.25) is 19.7 Å². The molecular weight excluding hydrogens is 396 g/mol. The molecule has 0 amide bonds. The second-order valence-corrected chi connectivity index (χ2v) is 8.08. The van der Waals surface area contributed by atoms with Crippen molar-refractivity contribution >= 4 is 5.97 Å². The number of rotatable bonds is 10. The van der Waals surface area contributed by atoms with E-state index in [2.05, 4.69) is 25.8 Å². The molecule has 0 bridgehead atoms. The van der Waals surface area contributed by atoms with E-state index in [0.717, 1.165) is 49.5 Å². The highest BCUT2D eigenvalue weighted by Gasteiger charge is 2.26. The molecule has 2 aromatic rings. The summed E-state index contributed by atoms with van der Waals surface area (Å²) >= 11 is 0. The maximum atomic E-state index is 11.6. The third-order valence-electron chi connectivity index (χ3n) is 5.43. The van der Waals surface area contributed by atoms with Gasteiger partial charge in [0.15, 0.2) is 0 Å². The molecule has 1 aliphatic heterocycles. The van der Waals surface area contributed by atoms with Crippen molar-refractivity contribution in [1.29, 1.82) is 0 Å². The molecule has 1 fully saturated rings. The van der Waals surface area contributed by atoms with Crippen LogP contribution >= 0.6 is 0 Å². The molecule has 8 heteroatoms. The minimum atomic E-state index is -0.585. The number of carbonyl (C=O) groups is 1. The van der Waals surface area contributed by atoms with Gasteiger partial charge in [0.1, 0.15) is 18.5 Å². The van der Waals surface area contributed by atoms with E-state index in [4.69, 9.17) is 9.47 Å². The van der Waals surface area contributed by atoms with Gasteiger partial charge in [-0.05, 0) is 50.7 Å². The lowest BCUT2D eigenvalue weighted by Gasteiger charge is -2.31. The van der Waals surface area contributed by atoms with E-state index in [-0.39, 0.29) is 18.5 Å². The van der Waals surface area contributed by atoms with Crippen LogP contribution in [0.25, 0.3) is 0 Å². The van der Waals surface area contributed by atoms with Gasteiger partial charge in [0, 0.05) is 38.2 Å². The minimum Gasteiger partial charge on any atom is -0.491 e. The number of nitrogens with zero attached hydrogens (tertiary/aromatic N) is 4. The van der Waals surface area contributed by atoms with Crippen molar-refractivity contribution in [2.24, 2.45) is 5.92 Å². The summed E-state index contributed by atoms with van der Waals surface area (Å²) in [7, 11) is 3.47. The summed E-state index contributed by atoms with van der Waals surface area (Å²) in [6.07, 6.45) is 6.09. The quantitative estimate of drug-likeness (QED) is 0.573. The van der Waals surface area contributed by atoms with Gasteiger partial charge >= 0.3 is 5.97 Å². The lowest BCUT2D eigenvalue weighted by molar-refractivity contribution is -0.147. The van der Waals surface area contributed by atoms with Gasteiger partial charge in [0.05, 0.1) is 18.7 Å². The first-order valence-electron chi connectivity index (χ1n) is 10.7. The van der Waals surface area contributed by atoms with Crippen molar-refractivity contribution in [3.8, 4) is 5.75 Å². The van der Waals surface area contributed by atoms with Crippen LogP contribution in [-0.4, -0.2) is 77.3 Å². The Kier molecular flexibility index (Phi) is 8.75. The standard InChI is InChI=1S/C23H32N4O4/c1-26(15-20-13-24-8-9-25-20)14-18-4-3-5-22(12-18)31-17-21(28)16-27-10-6-19(7-11-27)23(29)30-2/h3-5,8-9,12-13,19,21,28H,6-7,10-11,14-17H2,1-2H3. The summed E-state index contributed by atoms with van der Waals surface area (Å²) in [6, 6.07) is 7.93. The van der Waals surface area contributed by atoms with Crippen molar-refractivity contribution < 1.29 is 19.4 Å². The molecule has 8 nitrogen and oxygen atoms in total. The number of β-amino-alcohol motifs (C(OH)–C–C–N with tert-alkyl or cyclic N) is 1. The fourth-order valence-corrected chi connectivity index (χ4v) is 3.85. The summed E-state index contributed by atoms with van der Waals surface area (Å²) in [5.74, 6) is 0.587. The van der Waals surface area contributed by atoms with Crippen LogP contribution in [0, 0.1) is 5.92 Å². The fraction of sp³-hybridized carbons (Fsp3) is 0.522. The lowest BCUT2D eigenvalue weighted by Crippen LogP contribution is -2.42. The molecule has 168 valence electrons. The number of hydrogen-bond donors (Lipinski definition) is 1. The number of aliphatic hydroxyl groups is 1. The highest BCUT2D eigenvalue weighted by molar-refractivity contribution is 5.72. The number of hydrogen-bond acceptors (Lipinski definition) is 8. The molecule has 3 rings (SSSR count). The fourth-order valence-electron chi connectivity index (χ4n) is 3.85. The molecule has 31 heavy (non-hydrogen) atoms. The molecule has 0 spiro atoms. The zero-order valence-corrected chi connectivity index (χ0v) is 18.3. The third-order valence-corrected chi connectivity index (χ3v) is 5.43. The number of methoxy groups -OCH3 is 1. The van der Waals surface area contributed by atoms with Crippen molar-refractivity contribution in [3.05, 3.63) is 54.1 Å². The molecule has 1 aliphatic rings. The molecule has 0 aliphatic carbocycles. The molecule has 0 radical (unpaired) electrons. The highest BCUT2D eigenvalue weighted by Crippen LogP contribution is 2.19. The third kappa shape index (κ3) is 7.57. The number of aromatic nitrogens is 2. The Morgan fingerprint density at radius 3 is 2.81 bits per heavy atom. The Balaban J connectivity index is 1.41. The van der Waals surface area contributed by atoms with E-state index in [1.165, 1.54) is 7.11 Å². The largest absolute Gasteiger partial charge is 0.491 e. The van der Waals surface area contributed by atoms with Gasteiger partial charge in [-0.1, -0.05) is 12.1 Å². The maximum absolute atomic E-state index is 11.6. The number of esters is 1. The Morgan fingerprint density at radius 1 is 1.29 bits per heavy atom. The number of ether oxygens (including phenoxy) is 2. The van der Waals surface area contributed by atoms with Gasteiger partial charge in [-0.2, -0.15) is 0 Å². The predicted molar refractivity (Wildman–Crippen MR) is 116 cm³/mol. The number of carbonyl (C=O) groups excluding carboxylic acids is 1. The first-order chi connectivity index (χ1) is 15.0.